The van der Waals surface area contributed by atoms with Gasteiger partial charge in [0.2, 0.25) is 0 Å². The largest absolute Gasteiger partial charge is 0.337 e. The Kier molecular flexibility index (Phi) is 6.70. The van der Waals surface area contributed by atoms with Crippen LogP contribution in [0, 0.1) is 16.0 Å². The highest BCUT2D eigenvalue weighted by atomic mass is 35.5. The van der Waals surface area contributed by atoms with Gasteiger partial charge in [0.1, 0.15) is 5.69 Å². The summed E-state index contributed by atoms with van der Waals surface area (Å²) in [6.45, 7) is 2.31. The molecule has 0 bridgehead atoms. The molecule has 1 N–H and O–H groups in total. The molecule has 2 aromatic rings. The number of nitrogens with one attached hydrogen (secondary N) is 1. The number of rotatable bonds is 5. The molecule has 0 spiro atoms. The fourth-order valence-electron chi connectivity index (χ4n) is 3.25. The zero-order valence-electron chi connectivity index (χ0n) is 14.5. The van der Waals surface area contributed by atoms with Gasteiger partial charge in [-0.3, -0.25) is 14.9 Å². The third-order valence-corrected chi connectivity index (χ3v) is 4.43. The van der Waals surface area contributed by atoms with E-state index in [0.717, 1.165) is 25.9 Å². The van der Waals surface area contributed by atoms with Crippen molar-refractivity contribution in [2.24, 2.45) is 5.92 Å². The summed E-state index contributed by atoms with van der Waals surface area (Å²) in [6, 6.07) is 7.96. The van der Waals surface area contributed by atoms with E-state index in [4.69, 9.17) is 0 Å². The molecular formula is C17H22ClN5O3. The zero-order chi connectivity index (χ0) is 17.8. The van der Waals surface area contributed by atoms with Crippen molar-refractivity contribution in [1.82, 2.24) is 20.0 Å². The fourth-order valence-corrected chi connectivity index (χ4v) is 3.25. The van der Waals surface area contributed by atoms with E-state index in [1.54, 1.807) is 30.5 Å². The maximum absolute atomic E-state index is 12.7. The number of para-hydroxylation sites is 2. The summed E-state index contributed by atoms with van der Waals surface area (Å²) in [5.74, 6) is 0.318. The topological polar surface area (TPSA) is 93.3 Å². The second-order valence-corrected chi connectivity index (χ2v) is 6.21. The summed E-state index contributed by atoms with van der Waals surface area (Å²) in [6.07, 6.45) is 3.67. The van der Waals surface area contributed by atoms with Crippen LogP contribution in [0.2, 0.25) is 0 Å². The van der Waals surface area contributed by atoms with Crippen molar-refractivity contribution in [3.05, 3.63) is 52.3 Å². The molecule has 8 nitrogen and oxygen atoms in total. The lowest BCUT2D eigenvalue weighted by Gasteiger charge is -2.32. The molecule has 1 unspecified atom stereocenters. The molecule has 0 radical (unpaired) electrons. The van der Waals surface area contributed by atoms with E-state index in [2.05, 4.69) is 10.4 Å². The molecule has 2 heterocycles. The molecule has 9 heteroatoms. The van der Waals surface area contributed by atoms with E-state index in [9.17, 15) is 14.9 Å². The van der Waals surface area contributed by atoms with Gasteiger partial charge in [-0.2, -0.15) is 5.10 Å². The van der Waals surface area contributed by atoms with E-state index in [1.807, 2.05) is 11.9 Å². The zero-order valence-corrected chi connectivity index (χ0v) is 15.3. The van der Waals surface area contributed by atoms with Crippen molar-refractivity contribution in [1.29, 1.82) is 0 Å². The molecule has 1 amide bonds. The molecule has 1 saturated heterocycles. The van der Waals surface area contributed by atoms with Crippen molar-refractivity contribution >= 4 is 24.0 Å². The van der Waals surface area contributed by atoms with E-state index in [1.165, 1.54) is 10.7 Å². The highest BCUT2D eigenvalue weighted by Gasteiger charge is 2.26. The Hall–Kier alpha value is -2.45. The minimum atomic E-state index is -0.453. The lowest BCUT2D eigenvalue weighted by molar-refractivity contribution is -0.384. The summed E-state index contributed by atoms with van der Waals surface area (Å²) in [4.78, 5) is 25.2. The van der Waals surface area contributed by atoms with Crippen LogP contribution in [0.5, 0.6) is 0 Å². The average Bonchev–Trinajstić information content (AvgIpc) is 3.11. The normalized spacial score (nSPS) is 16.8. The van der Waals surface area contributed by atoms with Crippen molar-refractivity contribution < 1.29 is 9.72 Å². The first-order valence-electron chi connectivity index (χ1n) is 8.33. The maximum Gasteiger partial charge on any atom is 0.294 e. The number of hydrogen-bond acceptors (Lipinski definition) is 5. The van der Waals surface area contributed by atoms with Crippen LogP contribution in [-0.4, -0.2) is 52.2 Å². The second-order valence-electron chi connectivity index (χ2n) is 6.21. The van der Waals surface area contributed by atoms with Gasteiger partial charge in [0.15, 0.2) is 5.69 Å². The van der Waals surface area contributed by atoms with Gasteiger partial charge in [0.05, 0.1) is 4.92 Å². The van der Waals surface area contributed by atoms with Crippen molar-refractivity contribution in [2.45, 2.75) is 12.8 Å². The van der Waals surface area contributed by atoms with Crippen LogP contribution in [0.1, 0.15) is 23.3 Å². The molecule has 1 atom stereocenters. The number of halogens is 1. The minimum absolute atomic E-state index is 0. The van der Waals surface area contributed by atoms with Gasteiger partial charge in [-0.1, -0.05) is 12.1 Å². The Morgan fingerprint density at radius 2 is 2.15 bits per heavy atom. The third kappa shape index (κ3) is 4.20. The van der Waals surface area contributed by atoms with Gasteiger partial charge in [-0.25, -0.2) is 4.68 Å². The quantitative estimate of drug-likeness (QED) is 0.635. The molecular weight excluding hydrogens is 358 g/mol. The van der Waals surface area contributed by atoms with Crippen LogP contribution in [0.15, 0.2) is 36.5 Å². The molecule has 140 valence electrons. The van der Waals surface area contributed by atoms with Gasteiger partial charge in [-0.15, -0.1) is 12.4 Å². The van der Waals surface area contributed by atoms with Gasteiger partial charge in [0, 0.05) is 25.4 Å². The van der Waals surface area contributed by atoms with Gasteiger partial charge < -0.3 is 10.2 Å². The summed E-state index contributed by atoms with van der Waals surface area (Å²) in [5, 5.41) is 18.6. The van der Waals surface area contributed by atoms with Crippen molar-refractivity contribution in [3.8, 4) is 5.69 Å². The van der Waals surface area contributed by atoms with Crippen LogP contribution in [0.3, 0.4) is 0 Å². The molecule has 1 aliphatic heterocycles. The van der Waals surface area contributed by atoms with Gasteiger partial charge >= 0.3 is 0 Å². The van der Waals surface area contributed by atoms with Crippen molar-refractivity contribution in [3.63, 3.8) is 0 Å². The standard InChI is InChI=1S/C17H21N5O3.ClH/c1-18-11-13-5-4-9-20(12-13)17(23)14-8-10-21(19-14)15-6-2-3-7-16(15)22(24)25;/h2-3,6-8,10,13,18H,4-5,9,11-12H2,1H3;1H. The Balaban J connectivity index is 0.00000243. The monoisotopic (exact) mass is 379 g/mol. The lowest BCUT2D eigenvalue weighted by atomic mass is 9.98. The summed E-state index contributed by atoms with van der Waals surface area (Å²) >= 11 is 0. The highest BCUT2D eigenvalue weighted by molar-refractivity contribution is 5.92. The molecule has 1 aromatic carbocycles. The van der Waals surface area contributed by atoms with Crippen LogP contribution in [0.25, 0.3) is 5.69 Å². The molecule has 1 aromatic heterocycles. The number of likely N-dealkylation sites (tertiary alicyclic amines) is 1. The number of amides is 1. The summed E-state index contributed by atoms with van der Waals surface area (Å²) < 4.78 is 1.39. The Morgan fingerprint density at radius 1 is 1.38 bits per heavy atom. The number of piperidine rings is 1. The first-order chi connectivity index (χ1) is 12.1. The number of carbonyl (C=O) groups excluding carboxylic acids is 1. The molecule has 1 fully saturated rings. The third-order valence-electron chi connectivity index (χ3n) is 4.43. The van der Waals surface area contributed by atoms with E-state index >= 15 is 0 Å². The van der Waals surface area contributed by atoms with Gasteiger partial charge in [0.25, 0.3) is 11.6 Å². The maximum atomic E-state index is 12.7. The van der Waals surface area contributed by atoms with E-state index in [0.29, 0.717) is 23.8 Å². The second kappa shape index (κ2) is 8.77. The SMILES string of the molecule is CNCC1CCCN(C(=O)c2ccn(-c3ccccc3[N+](=O)[O-])n2)C1.Cl. The number of nitro groups is 1. The van der Waals surface area contributed by atoms with E-state index < -0.39 is 4.92 Å². The highest BCUT2D eigenvalue weighted by Crippen LogP contribution is 2.22. The van der Waals surface area contributed by atoms with E-state index in [-0.39, 0.29) is 24.0 Å². The average molecular weight is 380 g/mol. The molecule has 26 heavy (non-hydrogen) atoms. The first kappa shape index (κ1) is 19.9. The smallest absolute Gasteiger partial charge is 0.294 e. The van der Waals surface area contributed by atoms with Crippen LogP contribution < -0.4 is 5.32 Å². The van der Waals surface area contributed by atoms with Crippen LogP contribution in [0.4, 0.5) is 5.69 Å². The summed E-state index contributed by atoms with van der Waals surface area (Å²) in [5.41, 5.74) is 0.609. The van der Waals surface area contributed by atoms with Crippen LogP contribution in [-0.2, 0) is 0 Å². The summed E-state index contributed by atoms with van der Waals surface area (Å²) in [7, 11) is 1.91. The Morgan fingerprint density at radius 3 is 2.88 bits per heavy atom. The number of nitrogens with zero attached hydrogens (tertiary/aromatic N) is 4. The Labute approximate surface area is 157 Å². The number of aromatic nitrogens is 2. The number of benzene rings is 1. The number of nitro benzene ring substituents is 1. The van der Waals surface area contributed by atoms with Crippen LogP contribution >= 0.6 is 12.4 Å². The predicted octanol–water partition coefficient (Wildman–Crippen LogP) is 2.27. The molecule has 1 aliphatic rings. The molecule has 0 saturated carbocycles. The first-order valence-corrected chi connectivity index (χ1v) is 8.33. The Bertz CT molecular complexity index is 777. The number of hydrogen-bond donors (Lipinski definition) is 1. The predicted molar refractivity (Wildman–Crippen MR) is 100 cm³/mol. The van der Waals surface area contributed by atoms with Gasteiger partial charge in [-0.05, 0) is 44.5 Å². The van der Waals surface area contributed by atoms with Crippen molar-refractivity contribution in [2.75, 3.05) is 26.7 Å². The molecule has 0 aliphatic carbocycles. The molecule has 3 rings (SSSR count). The number of carbonyl (C=O) groups is 1. The fraction of sp³-hybridized carbons (Fsp3) is 0.412. The lowest BCUT2D eigenvalue weighted by Crippen LogP contribution is -2.42. The minimum Gasteiger partial charge on any atom is -0.337 e.